The zero-order valence-electron chi connectivity index (χ0n) is 18.1. The molecule has 166 valence electrons. The number of amidine groups is 1. The second kappa shape index (κ2) is 8.50. The van der Waals surface area contributed by atoms with Gasteiger partial charge in [-0.05, 0) is 30.3 Å². The van der Waals surface area contributed by atoms with E-state index in [0.717, 1.165) is 73.3 Å². The standard InChI is InChI=1S/C25H24ClN7/c26-22-7-2-1-6-20(22)21-14-17-16-29-25(31-23(17)33-13-10-28-24(21)33)30-18-4-3-5-19(15-18)32-11-8-27-9-12-32/h1-7,14-16,27H,8-13H2,(H,29,30,31). The molecule has 1 saturated heterocycles. The molecule has 0 saturated carbocycles. The van der Waals surface area contributed by atoms with Gasteiger partial charge in [-0.1, -0.05) is 35.9 Å². The van der Waals surface area contributed by atoms with Crippen LogP contribution in [0.2, 0.25) is 5.02 Å². The zero-order valence-corrected chi connectivity index (χ0v) is 18.9. The van der Waals surface area contributed by atoms with Gasteiger partial charge in [-0.15, -0.1) is 0 Å². The molecule has 2 N–H and O–H groups in total. The molecule has 1 aromatic heterocycles. The van der Waals surface area contributed by atoms with Crippen molar-refractivity contribution in [1.29, 1.82) is 0 Å². The highest BCUT2D eigenvalue weighted by Crippen LogP contribution is 2.37. The number of aliphatic imine (C=N–C) groups is 1. The lowest BCUT2D eigenvalue weighted by Gasteiger charge is -2.29. The summed E-state index contributed by atoms with van der Waals surface area (Å²) in [7, 11) is 0. The molecule has 3 aromatic rings. The van der Waals surface area contributed by atoms with Gasteiger partial charge in [0.2, 0.25) is 5.95 Å². The van der Waals surface area contributed by atoms with Crippen LogP contribution in [0.1, 0.15) is 11.1 Å². The van der Waals surface area contributed by atoms with E-state index >= 15 is 0 Å². The Bertz CT molecular complexity index is 1260. The number of nitrogens with zero attached hydrogens (tertiary/aromatic N) is 5. The van der Waals surface area contributed by atoms with Gasteiger partial charge < -0.3 is 20.4 Å². The number of benzene rings is 2. The molecule has 8 heteroatoms. The van der Waals surface area contributed by atoms with Crippen molar-refractivity contribution in [2.45, 2.75) is 0 Å². The van der Waals surface area contributed by atoms with Crippen molar-refractivity contribution in [2.75, 3.05) is 54.4 Å². The number of rotatable bonds is 4. The number of anilines is 4. The fraction of sp³-hybridized carbons (Fsp3) is 0.240. The first kappa shape index (κ1) is 20.2. The Kier molecular flexibility index (Phi) is 5.20. The Morgan fingerprint density at radius 1 is 1.00 bits per heavy atom. The van der Waals surface area contributed by atoms with Crippen molar-refractivity contribution in [2.24, 2.45) is 4.99 Å². The maximum atomic E-state index is 6.50. The molecular formula is C25H24ClN7. The van der Waals surface area contributed by atoms with Crippen molar-refractivity contribution in [1.82, 2.24) is 15.3 Å². The number of hydrogen-bond donors (Lipinski definition) is 2. The van der Waals surface area contributed by atoms with Crippen LogP contribution < -0.4 is 20.4 Å². The van der Waals surface area contributed by atoms with Gasteiger partial charge in [0.15, 0.2) is 0 Å². The number of piperazine rings is 1. The van der Waals surface area contributed by atoms with Gasteiger partial charge >= 0.3 is 0 Å². The van der Waals surface area contributed by atoms with E-state index in [2.05, 4.69) is 49.7 Å². The van der Waals surface area contributed by atoms with Gasteiger partial charge in [0, 0.05) is 72.0 Å². The smallest absolute Gasteiger partial charge is 0.229 e. The van der Waals surface area contributed by atoms with Gasteiger partial charge in [-0.25, -0.2) is 4.98 Å². The lowest BCUT2D eigenvalue weighted by atomic mass is 9.98. The lowest BCUT2D eigenvalue weighted by molar-refractivity contribution is 0.589. The summed E-state index contributed by atoms with van der Waals surface area (Å²) in [6, 6.07) is 16.3. The number of hydrogen-bond acceptors (Lipinski definition) is 7. The Morgan fingerprint density at radius 2 is 1.88 bits per heavy atom. The molecule has 33 heavy (non-hydrogen) atoms. The van der Waals surface area contributed by atoms with E-state index in [1.165, 1.54) is 5.69 Å². The van der Waals surface area contributed by atoms with E-state index in [0.29, 0.717) is 11.0 Å². The van der Waals surface area contributed by atoms with Gasteiger partial charge in [-0.3, -0.25) is 4.99 Å². The summed E-state index contributed by atoms with van der Waals surface area (Å²) in [6.45, 7) is 5.56. The van der Waals surface area contributed by atoms with E-state index in [1.807, 2.05) is 36.5 Å². The topological polar surface area (TPSA) is 68.7 Å². The quantitative estimate of drug-likeness (QED) is 0.616. The largest absolute Gasteiger partial charge is 0.369 e. The third kappa shape index (κ3) is 3.83. The van der Waals surface area contributed by atoms with Gasteiger partial charge in [-0.2, -0.15) is 4.98 Å². The molecule has 0 spiro atoms. The number of aromatic nitrogens is 2. The van der Waals surface area contributed by atoms with Crippen molar-refractivity contribution >= 4 is 52.2 Å². The molecule has 0 amide bonds. The minimum Gasteiger partial charge on any atom is -0.369 e. The van der Waals surface area contributed by atoms with Crippen LogP contribution in [0.4, 0.5) is 23.1 Å². The highest BCUT2D eigenvalue weighted by molar-refractivity contribution is 6.40. The zero-order chi connectivity index (χ0) is 22.2. The first-order valence-electron chi connectivity index (χ1n) is 11.2. The Balaban J connectivity index is 1.31. The molecule has 0 atom stereocenters. The summed E-state index contributed by atoms with van der Waals surface area (Å²) in [6.07, 6.45) is 3.96. The Hall–Kier alpha value is -3.42. The first-order chi connectivity index (χ1) is 16.3. The molecule has 3 aliphatic rings. The second-order valence-electron chi connectivity index (χ2n) is 8.28. The third-order valence-electron chi connectivity index (χ3n) is 6.18. The summed E-state index contributed by atoms with van der Waals surface area (Å²) in [5.74, 6) is 2.37. The van der Waals surface area contributed by atoms with E-state index in [4.69, 9.17) is 21.6 Å². The van der Waals surface area contributed by atoms with Crippen LogP contribution in [0, 0.1) is 0 Å². The third-order valence-corrected chi connectivity index (χ3v) is 6.51. The maximum Gasteiger partial charge on any atom is 0.229 e. The average molecular weight is 458 g/mol. The fourth-order valence-electron chi connectivity index (χ4n) is 4.57. The molecular weight excluding hydrogens is 434 g/mol. The molecule has 2 aromatic carbocycles. The minimum absolute atomic E-state index is 0.576. The van der Waals surface area contributed by atoms with Crippen molar-refractivity contribution in [3.8, 4) is 0 Å². The number of fused-ring (bicyclic) bond motifs is 3. The molecule has 0 unspecified atom stereocenters. The molecule has 7 nitrogen and oxygen atoms in total. The van der Waals surface area contributed by atoms with Crippen LogP contribution in [0.15, 0.2) is 59.7 Å². The summed E-state index contributed by atoms with van der Waals surface area (Å²) in [4.78, 5) is 18.8. The summed E-state index contributed by atoms with van der Waals surface area (Å²) >= 11 is 6.50. The summed E-state index contributed by atoms with van der Waals surface area (Å²) in [5.41, 5.74) is 5.14. The monoisotopic (exact) mass is 457 g/mol. The number of halogens is 1. The van der Waals surface area contributed by atoms with Crippen LogP contribution in [0.3, 0.4) is 0 Å². The molecule has 3 aliphatic heterocycles. The van der Waals surface area contributed by atoms with Crippen molar-refractivity contribution < 1.29 is 0 Å². The lowest BCUT2D eigenvalue weighted by Crippen LogP contribution is -2.43. The molecule has 4 heterocycles. The Labute approximate surface area is 197 Å². The molecule has 1 fully saturated rings. The van der Waals surface area contributed by atoms with E-state index < -0.39 is 0 Å². The maximum absolute atomic E-state index is 6.50. The van der Waals surface area contributed by atoms with Crippen molar-refractivity contribution in [3.63, 3.8) is 0 Å². The second-order valence-corrected chi connectivity index (χ2v) is 8.69. The van der Waals surface area contributed by atoms with E-state index in [9.17, 15) is 0 Å². The Morgan fingerprint density at radius 3 is 2.76 bits per heavy atom. The van der Waals surface area contributed by atoms with Gasteiger partial charge in [0.05, 0.1) is 6.54 Å². The van der Waals surface area contributed by atoms with Crippen molar-refractivity contribution in [3.05, 3.63) is 70.9 Å². The summed E-state index contributed by atoms with van der Waals surface area (Å²) in [5, 5.41) is 7.50. The van der Waals surface area contributed by atoms with E-state index in [1.54, 1.807) is 0 Å². The van der Waals surface area contributed by atoms with Gasteiger partial charge in [0.1, 0.15) is 11.7 Å². The molecule has 0 aliphatic carbocycles. The van der Waals surface area contributed by atoms with Crippen LogP contribution in [0.5, 0.6) is 0 Å². The normalized spacial score (nSPS) is 17.2. The van der Waals surface area contributed by atoms with Crippen LogP contribution in [-0.2, 0) is 0 Å². The van der Waals surface area contributed by atoms with Crippen LogP contribution in [0.25, 0.3) is 11.6 Å². The predicted molar refractivity (Wildman–Crippen MR) is 136 cm³/mol. The average Bonchev–Trinajstić information content (AvgIpc) is 3.35. The number of nitrogens with one attached hydrogen (secondary N) is 2. The highest BCUT2D eigenvalue weighted by atomic mass is 35.5. The van der Waals surface area contributed by atoms with Crippen LogP contribution in [-0.4, -0.2) is 55.1 Å². The van der Waals surface area contributed by atoms with Gasteiger partial charge in [0.25, 0.3) is 0 Å². The molecule has 0 bridgehead atoms. The van der Waals surface area contributed by atoms with Crippen LogP contribution >= 0.6 is 11.6 Å². The molecule has 0 radical (unpaired) electrons. The summed E-state index contributed by atoms with van der Waals surface area (Å²) < 4.78 is 0. The fourth-order valence-corrected chi connectivity index (χ4v) is 4.81. The molecule has 6 rings (SSSR count). The van der Waals surface area contributed by atoms with E-state index in [-0.39, 0.29) is 0 Å². The SMILES string of the molecule is Clc1ccccc1C1=Cc2cnc(Nc3cccc(N4CCNCC4)c3)nc2N2CCN=C12. The highest BCUT2D eigenvalue weighted by Gasteiger charge is 2.31. The predicted octanol–water partition coefficient (Wildman–Crippen LogP) is 4.06. The first-order valence-corrected chi connectivity index (χ1v) is 11.6. The minimum atomic E-state index is 0.576.